The van der Waals surface area contributed by atoms with Crippen molar-refractivity contribution in [3.8, 4) is 0 Å². The SMILES string of the molecule is C[C@@H](C(=O)NC1CCCCC1)N(Cc1ccc(Cl)cc1)C(=O)CSCc1ccccc1Cl. The van der Waals surface area contributed by atoms with E-state index in [1.165, 1.54) is 18.2 Å². The Morgan fingerprint density at radius 3 is 2.44 bits per heavy atom. The number of nitrogens with zero attached hydrogens (tertiary/aromatic N) is 1. The van der Waals surface area contributed by atoms with E-state index < -0.39 is 6.04 Å². The van der Waals surface area contributed by atoms with Crippen LogP contribution in [0.1, 0.15) is 50.2 Å². The van der Waals surface area contributed by atoms with E-state index >= 15 is 0 Å². The van der Waals surface area contributed by atoms with Crippen LogP contribution in [0.3, 0.4) is 0 Å². The number of hydrogen-bond donors (Lipinski definition) is 1. The van der Waals surface area contributed by atoms with Gasteiger partial charge in [-0.15, -0.1) is 11.8 Å². The lowest BCUT2D eigenvalue weighted by Gasteiger charge is -2.31. The second-order valence-corrected chi connectivity index (χ2v) is 10.1. The minimum Gasteiger partial charge on any atom is -0.352 e. The van der Waals surface area contributed by atoms with Crippen molar-refractivity contribution in [1.82, 2.24) is 10.2 Å². The summed E-state index contributed by atoms with van der Waals surface area (Å²) in [7, 11) is 0. The van der Waals surface area contributed by atoms with E-state index in [0.717, 1.165) is 36.8 Å². The van der Waals surface area contributed by atoms with E-state index in [-0.39, 0.29) is 23.6 Å². The van der Waals surface area contributed by atoms with Crippen molar-refractivity contribution >= 4 is 46.8 Å². The number of benzene rings is 2. The van der Waals surface area contributed by atoms with Gasteiger partial charge in [0.15, 0.2) is 0 Å². The number of nitrogens with one attached hydrogen (secondary N) is 1. The molecule has 172 valence electrons. The highest BCUT2D eigenvalue weighted by Crippen LogP contribution is 2.22. The third-order valence-corrected chi connectivity index (χ3v) is 7.41. The maximum absolute atomic E-state index is 13.2. The van der Waals surface area contributed by atoms with Crippen molar-refractivity contribution in [3.63, 3.8) is 0 Å². The maximum atomic E-state index is 13.2. The number of thioether (sulfide) groups is 1. The Kier molecular flexibility index (Phi) is 9.76. The lowest BCUT2D eigenvalue weighted by Crippen LogP contribution is -2.50. The Morgan fingerprint density at radius 2 is 1.75 bits per heavy atom. The smallest absolute Gasteiger partial charge is 0.242 e. The Labute approximate surface area is 205 Å². The van der Waals surface area contributed by atoms with Gasteiger partial charge in [0.1, 0.15) is 6.04 Å². The molecule has 1 atom stereocenters. The summed E-state index contributed by atoms with van der Waals surface area (Å²) in [4.78, 5) is 27.9. The van der Waals surface area contributed by atoms with Gasteiger partial charge in [-0.3, -0.25) is 9.59 Å². The highest BCUT2D eigenvalue weighted by molar-refractivity contribution is 7.99. The van der Waals surface area contributed by atoms with Gasteiger partial charge in [0, 0.05) is 28.4 Å². The third-order valence-electron chi connectivity index (χ3n) is 5.83. The molecule has 1 fully saturated rings. The molecule has 1 aliphatic rings. The normalized spacial score (nSPS) is 15.2. The topological polar surface area (TPSA) is 49.4 Å². The zero-order valence-corrected chi connectivity index (χ0v) is 20.7. The fourth-order valence-electron chi connectivity index (χ4n) is 3.88. The minimum atomic E-state index is -0.555. The van der Waals surface area contributed by atoms with Gasteiger partial charge in [-0.2, -0.15) is 0 Å². The number of hydrogen-bond acceptors (Lipinski definition) is 3. The van der Waals surface area contributed by atoms with Gasteiger partial charge < -0.3 is 10.2 Å². The summed E-state index contributed by atoms with van der Waals surface area (Å²) in [5, 5.41) is 4.50. The average Bonchev–Trinajstić information content (AvgIpc) is 2.80. The molecule has 0 bridgehead atoms. The van der Waals surface area contributed by atoms with Crippen LogP contribution in [-0.4, -0.2) is 34.6 Å². The molecule has 0 aliphatic heterocycles. The lowest BCUT2D eigenvalue weighted by molar-refractivity contribution is -0.139. The highest BCUT2D eigenvalue weighted by atomic mass is 35.5. The van der Waals surface area contributed by atoms with Gasteiger partial charge in [0.05, 0.1) is 5.75 Å². The van der Waals surface area contributed by atoms with Gasteiger partial charge in [0.2, 0.25) is 11.8 Å². The maximum Gasteiger partial charge on any atom is 0.242 e. The molecule has 0 saturated heterocycles. The van der Waals surface area contributed by atoms with Crippen molar-refractivity contribution < 1.29 is 9.59 Å². The van der Waals surface area contributed by atoms with Gasteiger partial charge in [-0.1, -0.05) is 72.8 Å². The summed E-state index contributed by atoms with van der Waals surface area (Å²) in [5.41, 5.74) is 1.94. The summed E-state index contributed by atoms with van der Waals surface area (Å²) < 4.78 is 0. The minimum absolute atomic E-state index is 0.0664. The number of carbonyl (C=O) groups excluding carboxylic acids is 2. The van der Waals surface area contributed by atoms with Crippen LogP contribution in [0.5, 0.6) is 0 Å². The Balaban J connectivity index is 1.65. The molecule has 0 unspecified atom stereocenters. The van der Waals surface area contributed by atoms with Gasteiger partial charge in [-0.05, 0) is 49.1 Å². The van der Waals surface area contributed by atoms with E-state index in [9.17, 15) is 9.59 Å². The molecule has 7 heteroatoms. The zero-order chi connectivity index (χ0) is 22.9. The molecular weight excluding hydrogens is 463 g/mol. The van der Waals surface area contributed by atoms with Crippen LogP contribution < -0.4 is 5.32 Å². The van der Waals surface area contributed by atoms with Crippen LogP contribution in [-0.2, 0) is 21.9 Å². The first-order valence-corrected chi connectivity index (χ1v) is 13.0. The van der Waals surface area contributed by atoms with E-state index in [4.69, 9.17) is 23.2 Å². The first-order valence-electron chi connectivity index (χ1n) is 11.1. The molecule has 0 heterocycles. The van der Waals surface area contributed by atoms with E-state index in [0.29, 0.717) is 22.3 Å². The van der Waals surface area contributed by atoms with Crippen LogP contribution in [0.25, 0.3) is 0 Å². The molecule has 3 rings (SSSR count). The number of amides is 2. The fraction of sp³-hybridized carbons (Fsp3) is 0.440. The fourth-order valence-corrected chi connectivity index (χ4v) is 5.21. The van der Waals surface area contributed by atoms with Crippen LogP contribution in [0.15, 0.2) is 48.5 Å². The second-order valence-electron chi connectivity index (χ2n) is 8.25. The first-order chi connectivity index (χ1) is 15.4. The molecule has 2 amide bonds. The van der Waals surface area contributed by atoms with Crippen LogP contribution in [0.2, 0.25) is 10.0 Å². The quantitative estimate of drug-likeness (QED) is 0.460. The van der Waals surface area contributed by atoms with E-state index in [1.807, 2.05) is 43.3 Å². The third kappa shape index (κ3) is 7.43. The molecule has 32 heavy (non-hydrogen) atoms. The highest BCUT2D eigenvalue weighted by Gasteiger charge is 2.28. The Hall–Kier alpha value is -1.69. The predicted molar refractivity (Wildman–Crippen MR) is 134 cm³/mol. The van der Waals surface area contributed by atoms with Crippen LogP contribution >= 0.6 is 35.0 Å². The van der Waals surface area contributed by atoms with Crippen molar-refractivity contribution in [3.05, 3.63) is 69.7 Å². The summed E-state index contributed by atoms with van der Waals surface area (Å²) in [6.07, 6.45) is 5.54. The summed E-state index contributed by atoms with van der Waals surface area (Å²) in [5.74, 6) is 0.765. The average molecular weight is 494 g/mol. The molecule has 0 aromatic heterocycles. The molecular formula is C25H30Cl2N2O2S. The Morgan fingerprint density at radius 1 is 1.06 bits per heavy atom. The summed E-state index contributed by atoms with van der Waals surface area (Å²) in [6, 6.07) is 14.7. The van der Waals surface area contributed by atoms with Crippen LogP contribution in [0, 0.1) is 0 Å². The first kappa shape index (κ1) is 24.9. The molecule has 2 aromatic carbocycles. The molecule has 4 nitrogen and oxygen atoms in total. The molecule has 1 saturated carbocycles. The lowest BCUT2D eigenvalue weighted by atomic mass is 9.95. The van der Waals surface area contributed by atoms with Gasteiger partial charge in [-0.25, -0.2) is 0 Å². The van der Waals surface area contributed by atoms with Crippen LogP contribution in [0.4, 0.5) is 0 Å². The van der Waals surface area contributed by atoms with Crippen molar-refractivity contribution in [2.75, 3.05) is 5.75 Å². The van der Waals surface area contributed by atoms with Gasteiger partial charge in [0.25, 0.3) is 0 Å². The van der Waals surface area contributed by atoms with Gasteiger partial charge >= 0.3 is 0 Å². The number of halogens is 2. The van der Waals surface area contributed by atoms with Crippen molar-refractivity contribution in [1.29, 1.82) is 0 Å². The standard InChI is InChI=1S/C25H30Cl2N2O2S/c1-18(25(31)28-22-8-3-2-4-9-22)29(15-19-11-13-21(26)14-12-19)24(30)17-32-16-20-7-5-6-10-23(20)27/h5-7,10-14,18,22H,2-4,8-9,15-17H2,1H3,(H,28,31)/t18-/m0/s1. The zero-order valence-electron chi connectivity index (χ0n) is 18.4. The second kappa shape index (κ2) is 12.5. The van der Waals surface area contributed by atoms with Crippen molar-refractivity contribution in [2.45, 2.75) is 63.4 Å². The Bertz CT molecular complexity index is 901. The number of carbonyl (C=O) groups is 2. The van der Waals surface area contributed by atoms with E-state index in [1.54, 1.807) is 17.0 Å². The summed E-state index contributed by atoms with van der Waals surface area (Å²) in [6.45, 7) is 2.17. The molecule has 1 N–H and O–H groups in total. The molecule has 0 spiro atoms. The monoisotopic (exact) mass is 492 g/mol. The van der Waals surface area contributed by atoms with E-state index in [2.05, 4.69) is 5.32 Å². The molecule has 0 radical (unpaired) electrons. The summed E-state index contributed by atoms with van der Waals surface area (Å²) >= 11 is 13.8. The molecule has 1 aliphatic carbocycles. The number of rotatable bonds is 9. The molecule has 2 aromatic rings. The predicted octanol–water partition coefficient (Wildman–Crippen LogP) is 6.09. The largest absolute Gasteiger partial charge is 0.352 e. The van der Waals surface area contributed by atoms with Crippen molar-refractivity contribution in [2.24, 2.45) is 0 Å².